The fourth-order valence-corrected chi connectivity index (χ4v) is 2.43. The zero-order valence-corrected chi connectivity index (χ0v) is 15.8. The van der Waals surface area contributed by atoms with Crippen molar-refractivity contribution in [3.63, 3.8) is 0 Å². The van der Waals surface area contributed by atoms with E-state index in [2.05, 4.69) is 15.9 Å². The zero-order valence-electron chi connectivity index (χ0n) is 14.2. The fraction of sp³-hybridized carbons (Fsp3) is 0.462. The highest BCUT2D eigenvalue weighted by molar-refractivity contribution is 9.10. The summed E-state index contributed by atoms with van der Waals surface area (Å²) in [5, 5.41) is 11.2. The number of carbonyl (C=O) groups excluding carboxylic acids is 1. The van der Waals surface area contributed by atoms with E-state index in [1.54, 1.807) is 0 Å². The average molecular weight is 563 g/mol. The predicted octanol–water partition coefficient (Wildman–Crippen LogP) is 6.03. The molecule has 0 spiro atoms. The number of anilines is 1. The third-order valence-electron chi connectivity index (χ3n) is 3.69. The Balaban J connectivity index is 3.64. The molecule has 0 aliphatic carbocycles. The van der Waals surface area contributed by atoms with E-state index in [1.807, 2.05) is 0 Å². The summed E-state index contributed by atoms with van der Waals surface area (Å²) in [5.74, 6) is -27.9. The number of carbonyl (C=O) groups is 1. The molecule has 0 saturated carbocycles. The highest BCUT2D eigenvalue weighted by Gasteiger charge is 2.92. The number of hydrogen-bond acceptors (Lipinski definition) is 3. The van der Waals surface area contributed by atoms with Gasteiger partial charge in [-0.05, 0) is 22.0 Å². The lowest BCUT2D eigenvalue weighted by atomic mass is 9.87. The van der Waals surface area contributed by atoms with Crippen molar-refractivity contribution in [1.82, 2.24) is 0 Å². The van der Waals surface area contributed by atoms with Crippen LogP contribution < -0.4 is 5.32 Å². The number of nitro benzene ring substituents is 1. The minimum Gasteiger partial charge on any atom is -0.322 e. The summed E-state index contributed by atoms with van der Waals surface area (Å²) in [6.45, 7) is 0. The Morgan fingerprint density at radius 2 is 1.28 bits per heavy atom. The van der Waals surface area contributed by atoms with Gasteiger partial charge in [0.2, 0.25) is 0 Å². The van der Waals surface area contributed by atoms with Crippen LogP contribution in [0.5, 0.6) is 0 Å². The Hall–Kier alpha value is -2.34. The third-order valence-corrected chi connectivity index (χ3v) is 4.35. The van der Waals surface area contributed by atoms with E-state index in [1.165, 1.54) is 0 Å². The van der Waals surface area contributed by atoms with Crippen molar-refractivity contribution in [3.05, 3.63) is 32.8 Å². The van der Waals surface area contributed by atoms with Crippen LogP contribution in [-0.2, 0) is 4.79 Å². The van der Waals surface area contributed by atoms with Gasteiger partial charge in [0.15, 0.2) is 0 Å². The largest absolute Gasteiger partial charge is 0.460 e. The molecule has 5 nitrogen and oxygen atoms in total. The van der Waals surface area contributed by atoms with E-state index < -0.39 is 62.5 Å². The molecular formula is C13H4BrF13N2O3. The minimum atomic E-state index is -8.12. The maximum absolute atomic E-state index is 14.3. The monoisotopic (exact) mass is 562 g/mol. The highest BCUT2D eigenvalue weighted by atomic mass is 79.9. The first-order valence-corrected chi connectivity index (χ1v) is 7.97. The molecule has 0 aliphatic rings. The Morgan fingerprint density at radius 3 is 1.62 bits per heavy atom. The highest BCUT2D eigenvalue weighted by Crippen LogP contribution is 2.60. The molecule has 0 heterocycles. The van der Waals surface area contributed by atoms with Gasteiger partial charge in [-0.1, -0.05) is 0 Å². The first kappa shape index (κ1) is 27.7. The van der Waals surface area contributed by atoms with Gasteiger partial charge in [-0.15, -0.1) is 0 Å². The fourth-order valence-electron chi connectivity index (χ4n) is 1.97. The first-order valence-electron chi connectivity index (χ1n) is 7.18. The average Bonchev–Trinajstić information content (AvgIpc) is 2.59. The summed E-state index contributed by atoms with van der Waals surface area (Å²) in [7, 11) is 0. The van der Waals surface area contributed by atoms with Crippen molar-refractivity contribution in [3.8, 4) is 0 Å². The second kappa shape index (κ2) is 7.91. The van der Waals surface area contributed by atoms with Crippen LogP contribution in [-0.4, -0.2) is 46.6 Å². The predicted molar refractivity (Wildman–Crippen MR) is 80.2 cm³/mol. The van der Waals surface area contributed by atoms with Gasteiger partial charge in [-0.3, -0.25) is 14.9 Å². The number of halogens is 14. The first-order chi connectivity index (χ1) is 14.0. The van der Waals surface area contributed by atoms with E-state index in [0.29, 0.717) is 17.4 Å². The third kappa shape index (κ3) is 4.05. The molecule has 19 heteroatoms. The standard InChI is InChI=1S/C13H4BrF13N2O3/c14-5-3-4(29(31)32)1-2-6(5)28-7(30)8(15,12(22,23)24)9(16,17)10(18,19)11(20,21)13(25,26)27/h1-3H,(H,28,30). The molecule has 0 bridgehead atoms. The van der Waals surface area contributed by atoms with Gasteiger partial charge in [0.05, 0.1) is 10.6 Å². The molecule has 32 heavy (non-hydrogen) atoms. The number of non-ortho nitro benzene ring substituents is 1. The Morgan fingerprint density at radius 1 is 0.812 bits per heavy atom. The number of alkyl halides is 13. The molecule has 1 rings (SSSR count). The number of benzene rings is 1. The van der Waals surface area contributed by atoms with Crippen LogP contribution in [0, 0.1) is 10.1 Å². The van der Waals surface area contributed by atoms with Crippen LogP contribution in [0.1, 0.15) is 0 Å². The topological polar surface area (TPSA) is 72.2 Å². The smallest absolute Gasteiger partial charge is 0.322 e. The molecule has 1 aromatic rings. The second-order valence-electron chi connectivity index (χ2n) is 5.75. The number of nitrogens with zero attached hydrogens (tertiary/aromatic N) is 1. The SMILES string of the molecule is O=C(Nc1ccc([N+](=O)[O-])cc1Br)C(F)(C(F)(F)F)C(F)(F)C(F)(F)C(F)(F)C(F)(F)F. The molecule has 0 fully saturated rings. The van der Waals surface area contributed by atoms with Gasteiger partial charge in [-0.2, -0.15) is 52.7 Å². The van der Waals surface area contributed by atoms with Crippen LogP contribution in [0.15, 0.2) is 22.7 Å². The summed E-state index contributed by atoms with van der Waals surface area (Å²) in [5.41, 5.74) is -9.37. The summed E-state index contributed by atoms with van der Waals surface area (Å²) >= 11 is 2.38. The van der Waals surface area contributed by atoms with Crippen LogP contribution in [0.3, 0.4) is 0 Å². The number of hydrogen-bond donors (Lipinski definition) is 1. The normalized spacial score (nSPS) is 15.8. The van der Waals surface area contributed by atoms with E-state index in [0.717, 1.165) is 0 Å². The maximum Gasteiger partial charge on any atom is 0.460 e. The number of rotatable bonds is 6. The molecular weight excluding hydrogens is 559 g/mol. The van der Waals surface area contributed by atoms with Crippen LogP contribution in [0.25, 0.3) is 0 Å². The number of amides is 1. The van der Waals surface area contributed by atoms with E-state index in [-0.39, 0.29) is 6.07 Å². The lowest BCUT2D eigenvalue weighted by Crippen LogP contribution is -2.74. The minimum absolute atomic E-state index is 0.289. The Kier molecular flexibility index (Phi) is 6.84. The Labute approximate surface area is 174 Å². The number of nitrogens with one attached hydrogen (secondary N) is 1. The van der Waals surface area contributed by atoms with E-state index >= 15 is 0 Å². The molecule has 1 aromatic carbocycles. The molecule has 0 aliphatic heterocycles. The molecule has 1 atom stereocenters. The Bertz CT molecular complexity index is 915. The van der Waals surface area contributed by atoms with Gasteiger partial charge in [-0.25, -0.2) is 4.39 Å². The van der Waals surface area contributed by atoms with Crippen LogP contribution in [0.4, 0.5) is 68.5 Å². The van der Waals surface area contributed by atoms with Gasteiger partial charge >= 0.3 is 35.8 Å². The molecule has 1 unspecified atom stereocenters. The quantitative estimate of drug-likeness (QED) is 0.261. The van der Waals surface area contributed by atoms with Crippen molar-refractivity contribution in [1.29, 1.82) is 0 Å². The molecule has 0 radical (unpaired) electrons. The van der Waals surface area contributed by atoms with Crippen molar-refractivity contribution in [2.75, 3.05) is 5.32 Å². The lowest BCUT2D eigenvalue weighted by Gasteiger charge is -2.40. The summed E-state index contributed by atoms with van der Waals surface area (Å²) in [4.78, 5) is 21.0. The molecule has 1 amide bonds. The van der Waals surface area contributed by atoms with Crippen molar-refractivity contribution in [2.45, 2.75) is 35.8 Å². The van der Waals surface area contributed by atoms with Crippen molar-refractivity contribution < 1.29 is 66.8 Å². The summed E-state index contributed by atoms with van der Waals surface area (Å²) in [6, 6.07) is 1.10. The molecule has 0 saturated heterocycles. The second-order valence-corrected chi connectivity index (χ2v) is 6.61. The van der Waals surface area contributed by atoms with E-state index in [4.69, 9.17) is 0 Å². The maximum atomic E-state index is 14.3. The van der Waals surface area contributed by atoms with Crippen LogP contribution in [0.2, 0.25) is 0 Å². The molecule has 1 N–H and O–H groups in total. The van der Waals surface area contributed by atoms with Gasteiger partial charge in [0.1, 0.15) is 0 Å². The van der Waals surface area contributed by atoms with E-state index in [9.17, 15) is 72.0 Å². The van der Waals surface area contributed by atoms with Crippen LogP contribution >= 0.6 is 15.9 Å². The van der Waals surface area contributed by atoms with Gasteiger partial charge in [0.25, 0.3) is 11.6 Å². The number of nitro groups is 1. The van der Waals surface area contributed by atoms with Gasteiger partial charge in [0, 0.05) is 16.6 Å². The van der Waals surface area contributed by atoms with Crippen molar-refractivity contribution in [2.24, 2.45) is 0 Å². The summed E-state index contributed by atoms with van der Waals surface area (Å²) < 4.78 is 169. The zero-order chi connectivity index (χ0) is 25.7. The molecule has 182 valence electrons. The summed E-state index contributed by atoms with van der Waals surface area (Å²) in [6.07, 6.45) is -15.0. The van der Waals surface area contributed by atoms with Crippen molar-refractivity contribution >= 4 is 33.2 Å². The molecule has 0 aromatic heterocycles. The van der Waals surface area contributed by atoms with Gasteiger partial charge < -0.3 is 5.32 Å². The lowest BCUT2D eigenvalue weighted by molar-refractivity contribution is -0.424.